The zero-order valence-corrected chi connectivity index (χ0v) is 17.9. The van der Waals surface area contributed by atoms with E-state index in [-0.39, 0.29) is 18.0 Å². The van der Waals surface area contributed by atoms with Gasteiger partial charge in [-0.2, -0.15) is 0 Å². The van der Waals surface area contributed by atoms with Crippen molar-refractivity contribution >= 4 is 12.0 Å². The van der Waals surface area contributed by atoms with E-state index in [1.807, 2.05) is 6.92 Å². The Morgan fingerprint density at radius 2 is 2.06 bits per heavy atom. The molecule has 1 aliphatic rings. The van der Waals surface area contributed by atoms with Gasteiger partial charge in [-0.3, -0.25) is 0 Å². The van der Waals surface area contributed by atoms with Crippen LogP contribution in [0.15, 0.2) is 30.6 Å². The maximum absolute atomic E-state index is 13.3. The Hall–Kier alpha value is -3.24. The predicted octanol–water partition coefficient (Wildman–Crippen LogP) is 3.55. The smallest absolute Gasteiger partial charge is 0.467 e. The van der Waals surface area contributed by atoms with Crippen LogP contribution in [0.1, 0.15) is 43.3 Å². The molecule has 3 atom stereocenters. The lowest BCUT2D eigenvalue weighted by Gasteiger charge is -2.37. The summed E-state index contributed by atoms with van der Waals surface area (Å²) in [6, 6.07) is 3.17. The number of aromatic nitrogens is 2. The summed E-state index contributed by atoms with van der Waals surface area (Å²) in [6.45, 7) is 3.87. The van der Waals surface area contributed by atoms with Gasteiger partial charge >= 0.3 is 18.4 Å². The van der Waals surface area contributed by atoms with Crippen LogP contribution in [0.3, 0.4) is 0 Å². The van der Waals surface area contributed by atoms with Gasteiger partial charge in [0.2, 0.25) is 0 Å². The highest BCUT2D eigenvalue weighted by Crippen LogP contribution is 2.39. The monoisotopic (exact) mass is 454 g/mol. The molecule has 1 aromatic heterocycles. The number of carbonyl (C=O) groups excluding carboxylic acids is 2. The second kappa shape index (κ2) is 9.49. The van der Waals surface area contributed by atoms with E-state index in [2.05, 4.69) is 20.0 Å². The fourth-order valence-corrected chi connectivity index (χ4v) is 3.75. The maximum atomic E-state index is 13.3. The van der Waals surface area contributed by atoms with Crippen molar-refractivity contribution < 1.29 is 32.2 Å². The van der Waals surface area contributed by atoms with E-state index in [0.29, 0.717) is 24.2 Å². The van der Waals surface area contributed by atoms with Crippen LogP contribution in [0, 0.1) is 5.92 Å². The van der Waals surface area contributed by atoms with Gasteiger partial charge in [-0.05, 0) is 12.0 Å². The molecule has 0 radical (unpaired) electrons. The summed E-state index contributed by atoms with van der Waals surface area (Å²) in [7, 11) is 1.23. The number of esters is 1. The number of halogens is 3. The minimum Gasteiger partial charge on any atom is -0.467 e. The summed E-state index contributed by atoms with van der Waals surface area (Å²) in [5, 5.41) is 2.69. The number of fused-ring (bicyclic) bond motifs is 1. The van der Waals surface area contributed by atoms with Crippen molar-refractivity contribution in [2.45, 2.75) is 45.1 Å². The summed E-state index contributed by atoms with van der Waals surface area (Å²) >= 11 is 0. The van der Waals surface area contributed by atoms with Crippen LogP contribution >= 0.6 is 0 Å². The molecule has 3 rings (SSSR count). The van der Waals surface area contributed by atoms with Crippen molar-refractivity contribution in [2.75, 3.05) is 13.7 Å². The van der Waals surface area contributed by atoms with E-state index in [0.717, 1.165) is 0 Å². The number of aromatic amines is 1. The highest BCUT2D eigenvalue weighted by Gasteiger charge is 2.40. The van der Waals surface area contributed by atoms with Crippen LogP contribution in [-0.4, -0.2) is 52.9 Å². The van der Waals surface area contributed by atoms with E-state index in [1.54, 1.807) is 13.0 Å². The summed E-state index contributed by atoms with van der Waals surface area (Å²) in [5.41, 5.74) is 1.27. The van der Waals surface area contributed by atoms with E-state index in [4.69, 9.17) is 4.74 Å². The van der Waals surface area contributed by atoms with Gasteiger partial charge in [-0.25, -0.2) is 14.6 Å². The number of rotatable bonds is 6. The summed E-state index contributed by atoms with van der Waals surface area (Å²) < 4.78 is 48.1. The quantitative estimate of drug-likeness (QED) is 0.651. The average molecular weight is 454 g/mol. The first-order chi connectivity index (χ1) is 15.2. The molecule has 3 unspecified atom stereocenters. The zero-order valence-electron chi connectivity index (χ0n) is 17.9. The SMILES string of the molecule is CCC(C)C(NC(=O)N1CCc2[nH]cnc2C1c1ccccc1OC(F)(F)F)C(=O)OC. The predicted molar refractivity (Wildman–Crippen MR) is 108 cm³/mol. The van der Waals surface area contributed by atoms with Crippen LogP contribution in [0.25, 0.3) is 0 Å². The van der Waals surface area contributed by atoms with E-state index >= 15 is 0 Å². The summed E-state index contributed by atoms with van der Waals surface area (Å²) in [6.07, 6.45) is -2.44. The number of imidazole rings is 1. The van der Waals surface area contributed by atoms with E-state index < -0.39 is 36.2 Å². The molecule has 8 nitrogen and oxygen atoms in total. The maximum Gasteiger partial charge on any atom is 0.573 e. The molecule has 2 aromatic rings. The fraction of sp³-hybridized carbons (Fsp3) is 0.476. The Morgan fingerprint density at radius 3 is 2.72 bits per heavy atom. The number of hydrogen-bond donors (Lipinski definition) is 2. The standard InChI is InChI=1S/C21H25F3N4O4/c1-4-12(2)16(19(29)31-3)27-20(30)28-10-9-14-17(26-11-25-14)18(28)13-7-5-6-8-15(13)32-21(22,23)24/h5-8,11-12,16,18H,4,9-10H2,1-3H3,(H,25,26)(H,27,30). The first-order valence-corrected chi connectivity index (χ1v) is 10.2. The molecule has 1 aliphatic heterocycles. The van der Waals surface area contributed by atoms with Crippen LogP contribution in [0.5, 0.6) is 5.75 Å². The Balaban J connectivity index is 2.00. The van der Waals surface area contributed by atoms with Gasteiger partial charge in [0.1, 0.15) is 17.8 Å². The lowest BCUT2D eigenvalue weighted by atomic mass is 9.95. The second-order valence-electron chi connectivity index (χ2n) is 7.53. The highest BCUT2D eigenvalue weighted by molar-refractivity contribution is 5.84. The molecular weight excluding hydrogens is 429 g/mol. The number of amides is 2. The number of benzene rings is 1. The Bertz CT molecular complexity index is 963. The van der Waals surface area contributed by atoms with Crippen LogP contribution in [0.4, 0.5) is 18.0 Å². The molecule has 2 heterocycles. The van der Waals surface area contributed by atoms with Crippen molar-refractivity contribution in [3.63, 3.8) is 0 Å². The number of methoxy groups -OCH3 is 1. The molecule has 11 heteroatoms. The molecular formula is C21H25F3N4O4. The Labute approximate surface area is 183 Å². The number of urea groups is 1. The third kappa shape index (κ3) is 4.97. The summed E-state index contributed by atoms with van der Waals surface area (Å²) in [4.78, 5) is 34.1. The molecule has 0 saturated heterocycles. The molecule has 32 heavy (non-hydrogen) atoms. The average Bonchev–Trinajstić information content (AvgIpc) is 3.24. The third-order valence-corrected chi connectivity index (χ3v) is 5.57. The first-order valence-electron chi connectivity index (χ1n) is 10.2. The van der Waals surface area contributed by atoms with Gasteiger partial charge in [0.25, 0.3) is 0 Å². The highest BCUT2D eigenvalue weighted by atomic mass is 19.4. The second-order valence-corrected chi connectivity index (χ2v) is 7.53. The van der Waals surface area contributed by atoms with Gasteiger partial charge in [0.05, 0.1) is 19.1 Å². The third-order valence-electron chi connectivity index (χ3n) is 5.57. The molecule has 0 fully saturated rings. The normalized spacial score (nSPS) is 17.8. The van der Waals surface area contributed by atoms with Crippen molar-refractivity contribution in [2.24, 2.45) is 5.92 Å². The largest absolute Gasteiger partial charge is 0.573 e. The lowest BCUT2D eigenvalue weighted by molar-refractivity contribution is -0.275. The van der Waals surface area contributed by atoms with Gasteiger partial charge in [-0.1, -0.05) is 38.5 Å². The molecule has 2 N–H and O–H groups in total. The molecule has 174 valence electrons. The van der Waals surface area contributed by atoms with Gasteiger partial charge in [0.15, 0.2) is 0 Å². The number of nitrogens with zero attached hydrogens (tertiary/aromatic N) is 2. The fourth-order valence-electron chi connectivity index (χ4n) is 3.75. The van der Waals surface area contributed by atoms with Crippen LogP contribution in [0.2, 0.25) is 0 Å². The molecule has 1 aromatic carbocycles. The van der Waals surface area contributed by atoms with Crippen molar-refractivity contribution in [3.05, 3.63) is 47.5 Å². The van der Waals surface area contributed by atoms with Gasteiger partial charge in [0, 0.05) is 24.2 Å². The van der Waals surface area contributed by atoms with Crippen molar-refractivity contribution in [1.82, 2.24) is 20.2 Å². The first kappa shape index (κ1) is 23.4. The molecule has 0 aliphatic carbocycles. The molecule has 0 saturated carbocycles. The number of carbonyl (C=O) groups is 2. The zero-order chi connectivity index (χ0) is 23.5. The Kier molecular flexibility index (Phi) is 6.95. The van der Waals surface area contributed by atoms with Crippen LogP contribution < -0.4 is 10.1 Å². The number of ether oxygens (including phenoxy) is 2. The topological polar surface area (TPSA) is 96.5 Å². The Morgan fingerprint density at radius 1 is 1.34 bits per heavy atom. The number of nitrogens with one attached hydrogen (secondary N) is 2. The van der Waals surface area contributed by atoms with E-state index in [9.17, 15) is 22.8 Å². The minimum atomic E-state index is -4.90. The summed E-state index contributed by atoms with van der Waals surface area (Å²) in [5.74, 6) is -1.23. The van der Waals surface area contributed by atoms with Crippen LogP contribution in [-0.2, 0) is 16.0 Å². The van der Waals surface area contributed by atoms with Gasteiger partial charge in [-0.15, -0.1) is 13.2 Å². The molecule has 0 spiro atoms. The number of alkyl halides is 3. The lowest BCUT2D eigenvalue weighted by Crippen LogP contribution is -2.53. The number of para-hydroxylation sites is 1. The van der Waals surface area contributed by atoms with Gasteiger partial charge < -0.3 is 24.7 Å². The molecule has 0 bridgehead atoms. The van der Waals surface area contributed by atoms with Crippen molar-refractivity contribution in [3.8, 4) is 5.75 Å². The van der Waals surface area contributed by atoms with E-state index in [1.165, 1.54) is 36.5 Å². The van der Waals surface area contributed by atoms with Crippen molar-refractivity contribution in [1.29, 1.82) is 0 Å². The molecule has 2 amide bonds. The number of hydrogen-bond acceptors (Lipinski definition) is 5. The number of H-pyrrole nitrogens is 1. The minimum absolute atomic E-state index is 0.131.